The number of benzene rings is 3. The molecule has 3 nitrogen and oxygen atoms in total. The summed E-state index contributed by atoms with van der Waals surface area (Å²) in [5, 5.41) is 4.74. The van der Waals surface area contributed by atoms with Crippen LogP contribution >= 0.6 is 23.2 Å². The van der Waals surface area contributed by atoms with Crippen LogP contribution < -0.4 is 5.32 Å². The molecule has 1 N–H and O–H groups in total. The molecule has 128 valence electrons. The molecule has 4 aromatic rings. The van der Waals surface area contributed by atoms with Crippen LogP contribution in [0, 0.1) is 5.82 Å². The predicted molar refractivity (Wildman–Crippen MR) is 105 cm³/mol. The molecule has 0 saturated carbocycles. The largest absolute Gasteiger partial charge is 0.337 e. The molecule has 0 saturated heterocycles. The van der Waals surface area contributed by atoms with Gasteiger partial charge in [0.25, 0.3) is 0 Å². The summed E-state index contributed by atoms with van der Waals surface area (Å²) >= 11 is 12.1. The van der Waals surface area contributed by atoms with Crippen LogP contribution in [0.4, 0.5) is 15.9 Å². The minimum atomic E-state index is -0.355. The summed E-state index contributed by atoms with van der Waals surface area (Å²) in [4.78, 5) is 9.18. The highest BCUT2D eigenvalue weighted by molar-refractivity contribution is 6.42. The van der Waals surface area contributed by atoms with E-state index in [1.54, 1.807) is 36.4 Å². The van der Waals surface area contributed by atoms with Crippen molar-refractivity contribution in [1.29, 1.82) is 0 Å². The molecule has 0 aliphatic carbocycles. The highest BCUT2D eigenvalue weighted by atomic mass is 35.5. The number of hydrogen-bond acceptors (Lipinski definition) is 3. The second-order valence-corrected chi connectivity index (χ2v) is 6.46. The van der Waals surface area contributed by atoms with Gasteiger partial charge in [0.05, 0.1) is 21.2 Å². The molecule has 0 aliphatic heterocycles. The highest BCUT2D eigenvalue weighted by Gasteiger charge is 2.12. The van der Waals surface area contributed by atoms with Gasteiger partial charge in [-0.3, -0.25) is 0 Å². The van der Waals surface area contributed by atoms with E-state index < -0.39 is 0 Å². The average Bonchev–Trinajstić information content (AvgIpc) is 2.65. The first-order valence-corrected chi connectivity index (χ1v) is 8.61. The van der Waals surface area contributed by atoms with Crippen LogP contribution in [0.3, 0.4) is 0 Å². The van der Waals surface area contributed by atoms with E-state index in [-0.39, 0.29) is 5.82 Å². The topological polar surface area (TPSA) is 37.8 Å². The summed E-state index contributed by atoms with van der Waals surface area (Å²) in [5.74, 6) is 0.633. The summed E-state index contributed by atoms with van der Waals surface area (Å²) in [6.07, 6.45) is 0. The Morgan fingerprint density at radius 3 is 2.38 bits per heavy atom. The molecule has 0 amide bonds. The third-order valence-corrected chi connectivity index (χ3v) is 4.65. The van der Waals surface area contributed by atoms with Crippen LogP contribution in [0.15, 0.2) is 66.7 Å². The molecular formula is C20H12Cl2FN3. The second kappa shape index (κ2) is 6.90. The fraction of sp³-hybridized carbons (Fsp3) is 0. The Balaban J connectivity index is 1.88. The smallest absolute Gasteiger partial charge is 0.162 e. The predicted octanol–water partition coefficient (Wildman–Crippen LogP) is 6.49. The SMILES string of the molecule is Fc1ccccc1Nc1nc(-c2ccc(Cl)c(Cl)c2)nc2ccccc12. The Morgan fingerprint density at radius 1 is 0.808 bits per heavy atom. The van der Waals surface area contributed by atoms with Crippen molar-refractivity contribution in [2.75, 3.05) is 5.32 Å². The van der Waals surface area contributed by atoms with Gasteiger partial charge in [-0.25, -0.2) is 14.4 Å². The van der Waals surface area contributed by atoms with Gasteiger partial charge < -0.3 is 5.32 Å². The Morgan fingerprint density at radius 2 is 1.58 bits per heavy atom. The van der Waals surface area contributed by atoms with Crippen LogP contribution in [0.2, 0.25) is 10.0 Å². The Bertz CT molecular complexity index is 1120. The first-order valence-electron chi connectivity index (χ1n) is 7.85. The number of anilines is 2. The molecule has 0 unspecified atom stereocenters. The molecule has 0 atom stereocenters. The lowest BCUT2D eigenvalue weighted by molar-refractivity contribution is 0.632. The maximum atomic E-state index is 14.1. The van der Waals surface area contributed by atoms with E-state index in [4.69, 9.17) is 23.2 Å². The maximum Gasteiger partial charge on any atom is 0.162 e. The Labute approximate surface area is 159 Å². The van der Waals surface area contributed by atoms with Gasteiger partial charge in [0.1, 0.15) is 11.6 Å². The molecule has 6 heteroatoms. The van der Waals surface area contributed by atoms with E-state index in [1.807, 2.05) is 24.3 Å². The van der Waals surface area contributed by atoms with Crippen LogP contribution in [0.1, 0.15) is 0 Å². The second-order valence-electron chi connectivity index (χ2n) is 5.65. The van der Waals surface area contributed by atoms with Crippen molar-refractivity contribution < 1.29 is 4.39 Å². The summed E-state index contributed by atoms with van der Waals surface area (Å²) in [5.41, 5.74) is 1.81. The summed E-state index contributed by atoms with van der Waals surface area (Å²) in [6, 6.07) is 19.2. The zero-order valence-corrected chi connectivity index (χ0v) is 14.9. The maximum absolute atomic E-state index is 14.1. The van der Waals surface area contributed by atoms with Crippen molar-refractivity contribution in [3.05, 3.63) is 82.6 Å². The fourth-order valence-electron chi connectivity index (χ4n) is 2.63. The quantitative estimate of drug-likeness (QED) is 0.439. The van der Waals surface area contributed by atoms with Gasteiger partial charge in [-0.05, 0) is 42.5 Å². The summed E-state index contributed by atoms with van der Waals surface area (Å²) in [6.45, 7) is 0. The number of halogens is 3. The van der Waals surface area contributed by atoms with Crippen LogP contribution in [0.5, 0.6) is 0 Å². The number of nitrogens with zero attached hydrogens (tertiary/aromatic N) is 2. The number of nitrogens with one attached hydrogen (secondary N) is 1. The molecule has 0 aliphatic rings. The number of hydrogen-bond donors (Lipinski definition) is 1. The molecule has 0 spiro atoms. The molecule has 0 bridgehead atoms. The monoisotopic (exact) mass is 383 g/mol. The zero-order valence-electron chi connectivity index (χ0n) is 13.4. The van der Waals surface area contributed by atoms with Crippen molar-refractivity contribution in [2.45, 2.75) is 0 Å². The van der Waals surface area contributed by atoms with Crippen molar-refractivity contribution >= 4 is 45.6 Å². The van der Waals surface area contributed by atoms with Gasteiger partial charge in [-0.2, -0.15) is 0 Å². The molecular weight excluding hydrogens is 372 g/mol. The minimum Gasteiger partial charge on any atom is -0.337 e. The number of fused-ring (bicyclic) bond motifs is 1. The van der Waals surface area contributed by atoms with Gasteiger partial charge in [0, 0.05) is 10.9 Å². The zero-order chi connectivity index (χ0) is 18.1. The van der Waals surface area contributed by atoms with Crippen molar-refractivity contribution in [3.63, 3.8) is 0 Å². The fourth-order valence-corrected chi connectivity index (χ4v) is 2.92. The van der Waals surface area contributed by atoms with Gasteiger partial charge in [0.2, 0.25) is 0 Å². The number of para-hydroxylation sites is 2. The highest BCUT2D eigenvalue weighted by Crippen LogP contribution is 2.31. The van der Waals surface area contributed by atoms with Gasteiger partial charge in [0.15, 0.2) is 5.82 Å². The lowest BCUT2D eigenvalue weighted by atomic mass is 10.1. The van der Waals surface area contributed by atoms with Gasteiger partial charge in [-0.15, -0.1) is 0 Å². The molecule has 4 rings (SSSR count). The molecule has 1 heterocycles. The van der Waals surface area contributed by atoms with Crippen LogP contribution in [0.25, 0.3) is 22.3 Å². The molecule has 26 heavy (non-hydrogen) atoms. The Hall–Kier alpha value is -2.69. The first kappa shape index (κ1) is 16.8. The van der Waals surface area contributed by atoms with Crippen molar-refractivity contribution in [3.8, 4) is 11.4 Å². The van der Waals surface area contributed by atoms with E-state index >= 15 is 0 Å². The number of aromatic nitrogens is 2. The lowest BCUT2D eigenvalue weighted by Gasteiger charge is -2.12. The van der Waals surface area contributed by atoms with E-state index in [1.165, 1.54) is 6.07 Å². The molecule has 3 aromatic carbocycles. The van der Waals surface area contributed by atoms with Crippen LogP contribution in [-0.2, 0) is 0 Å². The van der Waals surface area contributed by atoms with Crippen molar-refractivity contribution in [2.24, 2.45) is 0 Å². The normalized spacial score (nSPS) is 10.9. The standard InChI is InChI=1S/C20H12Cl2FN3/c21-14-10-9-12(11-15(14)22)19-24-17-7-3-1-5-13(17)20(26-19)25-18-8-4-2-6-16(18)23/h1-11H,(H,24,25,26). The summed E-state index contributed by atoms with van der Waals surface area (Å²) < 4.78 is 14.1. The molecule has 0 fully saturated rings. The lowest BCUT2D eigenvalue weighted by Crippen LogP contribution is -2.00. The molecule has 0 radical (unpaired) electrons. The summed E-state index contributed by atoms with van der Waals surface area (Å²) in [7, 11) is 0. The van der Waals surface area contributed by atoms with Crippen LogP contribution in [-0.4, -0.2) is 9.97 Å². The number of rotatable bonds is 3. The minimum absolute atomic E-state index is 0.344. The van der Waals surface area contributed by atoms with E-state index in [9.17, 15) is 4.39 Å². The van der Waals surface area contributed by atoms with Crippen molar-refractivity contribution in [1.82, 2.24) is 9.97 Å². The van der Waals surface area contributed by atoms with E-state index in [0.29, 0.717) is 27.4 Å². The molecule has 1 aromatic heterocycles. The first-order chi connectivity index (χ1) is 12.6. The van der Waals surface area contributed by atoms with E-state index in [0.717, 1.165) is 16.5 Å². The van der Waals surface area contributed by atoms with Gasteiger partial charge >= 0.3 is 0 Å². The third kappa shape index (κ3) is 3.21. The average molecular weight is 384 g/mol. The third-order valence-electron chi connectivity index (χ3n) is 3.91. The van der Waals surface area contributed by atoms with E-state index in [2.05, 4.69) is 15.3 Å². The van der Waals surface area contributed by atoms with Gasteiger partial charge in [-0.1, -0.05) is 47.5 Å². The Kier molecular flexibility index (Phi) is 4.45.